The number of anilines is 4. The van der Waals surface area contributed by atoms with Gasteiger partial charge in [-0.1, -0.05) is 54.1 Å². The van der Waals surface area contributed by atoms with Gasteiger partial charge in [0, 0.05) is 11.4 Å². The van der Waals surface area contributed by atoms with Crippen molar-refractivity contribution in [3.8, 4) is 0 Å². The highest BCUT2D eigenvalue weighted by Gasteiger charge is 2.20. The number of hydrogen-bond donors (Lipinski definition) is 5. The summed E-state index contributed by atoms with van der Waals surface area (Å²) in [4.78, 5) is 24.5. The van der Waals surface area contributed by atoms with Gasteiger partial charge in [0.15, 0.2) is 0 Å². The molecular weight excluding hydrogens is 554 g/mol. The molecule has 4 amide bonds. The maximum absolute atomic E-state index is 13.1. The summed E-state index contributed by atoms with van der Waals surface area (Å²) in [7, 11) is -8.33. The van der Waals surface area contributed by atoms with Gasteiger partial charge in [-0.05, 0) is 61.5 Å². The van der Waals surface area contributed by atoms with Crippen LogP contribution in [0.4, 0.5) is 32.3 Å². The minimum atomic E-state index is -4.18. The standard InChI is InChI=1S/C27H25N5O6S2/c1-19-14-16-22(17-15-19)39(35,36)32-27(34)29-21-10-7-11-23(18-21)40(37,38)31-25-13-6-5-12-24(25)30-26(33)28-20-8-3-2-4-9-20/h2-18,31H,1H3,(H2,28,30,33)(H2,29,32,34). The Morgan fingerprint density at radius 1 is 0.550 bits per heavy atom. The second-order valence-electron chi connectivity index (χ2n) is 8.50. The van der Waals surface area contributed by atoms with Crippen molar-refractivity contribution >= 4 is 54.9 Å². The van der Waals surface area contributed by atoms with E-state index < -0.39 is 32.1 Å². The third kappa shape index (κ3) is 7.36. The van der Waals surface area contributed by atoms with Gasteiger partial charge in [-0.3, -0.25) is 4.72 Å². The van der Waals surface area contributed by atoms with Crippen LogP contribution in [0.15, 0.2) is 113 Å². The highest BCUT2D eigenvalue weighted by Crippen LogP contribution is 2.26. The topological polar surface area (TPSA) is 163 Å². The van der Waals surface area contributed by atoms with Gasteiger partial charge in [0.25, 0.3) is 20.0 Å². The third-order valence-electron chi connectivity index (χ3n) is 5.41. The molecule has 206 valence electrons. The van der Waals surface area contributed by atoms with Crippen LogP contribution in [0.3, 0.4) is 0 Å². The van der Waals surface area contributed by atoms with Crippen LogP contribution in [-0.4, -0.2) is 28.9 Å². The summed E-state index contributed by atoms with van der Waals surface area (Å²) in [6.45, 7) is 1.80. The maximum atomic E-state index is 13.1. The van der Waals surface area contributed by atoms with Crippen molar-refractivity contribution in [1.82, 2.24) is 4.72 Å². The first kappa shape index (κ1) is 28.1. The van der Waals surface area contributed by atoms with E-state index in [1.165, 1.54) is 48.5 Å². The summed E-state index contributed by atoms with van der Waals surface area (Å²) >= 11 is 0. The molecule has 0 unspecified atom stereocenters. The first-order chi connectivity index (χ1) is 19.0. The largest absolute Gasteiger partial charge is 0.333 e. The number of benzene rings is 4. The lowest BCUT2D eigenvalue weighted by Gasteiger charge is -2.15. The van der Waals surface area contributed by atoms with Gasteiger partial charge in [0.2, 0.25) is 0 Å². The second-order valence-corrected chi connectivity index (χ2v) is 11.9. The number of carbonyl (C=O) groups is 2. The highest BCUT2D eigenvalue weighted by molar-refractivity contribution is 7.92. The van der Waals surface area contributed by atoms with Crippen molar-refractivity contribution < 1.29 is 26.4 Å². The Kier molecular flexibility index (Phi) is 8.36. The van der Waals surface area contributed by atoms with Gasteiger partial charge in [0.05, 0.1) is 21.2 Å². The van der Waals surface area contributed by atoms with Gasteiger partial charge in [0.1, 0.15) is 0 Å². The van der Waals surface area contributed by atoms with E-state index in [1.54, 1.807) is 61.5 Å². The fraction of sp³-hybridized carbons (Fsp3) is 0.0370. The molecule has 0 spiro atoms. The highest BCUT2D eigenvalue weighted by atomic mass is 32.2. The Hall–Kier alpha value is -4.88. The lowest BCUT2D eigenvalue weighted by atomic mass is 10.2. The summed E-state index contributed by atoms with van der Waals surface area (Å²) in [5, 5.41) is 7.59. The number of hydrogen-bond acceptors (Lipinski definition) is 6. The number of amides is 4. The Balaban J connectivity index is 1.45. The fourth-order valence-electron chi connectivity index (χ4n) is 3.49. The molecule has 5 N–H and O–H groups in total. The molecule has 4 aromatic rings. The molecule has 0 radical (unpaired) electrons. The monoisotopic (exact) mass is 579 g/mol. The molecule has 0 aliphatic rings. The van der Waals surface area contributed by atoms with E-state index in [-0.39, 0.29) is 26.9 Å². The zero-order chi connectivity index (χ0) is 28.8. The summed E-state index contributed by atoms with van der Waals surface area (Å²) in [5.41, 5.74) is 1.75. The van der Waals surface area contributed by atoms with Crippen molar-refractivity contribution in [2.45, 2.75) is 16.7 Å². The molecule has 0 fully saturated rings. The number of para-hydroxylation sites is 3. The lowest BCUT2D eigenvalue weighted by Crippen LogP contribution is -2.34. The zero-order valence-electron chi connectivity index (χ0n) is 21.1. The predicted molar refractivity (Wildman–Crippen MR) is 153 cm³/mol. The van der Waals surface area contributed by atoms with E-state index in [4.69, 9.17) is 0 Å². The molecule has 0 aliphatic heterocycles. The molecular formula is C27H25N5O6S2. The first-order valence-electron chi connectivity index (χ1n) is 11.8. The van der Waals surface area contributed by atoms with Crippen LogP contribution in [0.25, 0.3) is 0 Å². The Labute approximate surface area is 231 Å². The summed E-state index contributed by atoms with van der Waals surface area (Å²) in [5.74, 6) is 0. The molecule has 0 saturated carbocycles. The predicted octanol–water partition coefficient (Wildman–Crippen LogP) is 4.95. The van der Waals surface area contributed by atoms with E-state index in [0.717, 1.165) is 5.56 Å². The van der Waals surface area contributed by atoms with Crippen LogP contribution in [0.5, 0.6) is 0 Å². The molecule has 4 aromatic carbocycles. The summed E-state index contributed by atoms with van der Waals surface area (Å²) < 4.78 is 55.6. The fourth-order valence-corrected chi connectivity index (χ4v) is 5.52. The Bertz CT molecular complexity index is 1740. The minimum absolute atomic E-state index is 0.0353. The number of urea groups is 2. The van der Waals surface area contributed by atoms with Crippen molar-refractivity contribution in [3.63, 3.8) is 0 Å². The molecule has 0 heterocycles. The molecule has 0 aliphatic carbocycles. The van der Waals surface area contributed by atoms with E-state index in [1.807, 2.05) is 4.72 Å². The average Bonchev–Trinajstić information content (AvgIpc) is 2.90. The number of sulfonamides is 2. The lowest BCUT2D eigenvalue weighted by molar-refractivity contribution is 0.256. The minimum Gasteiger partial charge on any atom is -0.308 e. The molecule has 0 bridgehead atoms. The number of rotatable bonds is 8. The number of carbonyl (C=O) groups excluding carboxylic acids is 2. The quantitative estimate of drug-likeness (QED) is 0.198. The molecule has 40 heavy (non-hydrogen) atoms. The number of aryl methyl sites for hydroxylation is 1. The smallest absolute Gasteiger partial charge is 0.308 e. The van der Waals surface area contributed by atoms with Crippen LogP contribution in [0, 0.1) is 6.92 Å². The Morgan fingerprint density at radius 3 is 1.85 bits per heavy atom. The SMILES string of the molecule is Cc1ccc(S(=O)(=O)NC(=O)Nc2cccc(S(=O)(=O)Nc3ccccc3NC(=O)Nc3ccccc3)c2)cc1. The normalized spacial score (nSPS) is 11.2. The second kappa shape index (κ2) is 11.9. The molecule has 4 rings (SSSR count). The van der Waals surface area contributed by atoms with Gasteiger partial charge < -0.3 is 16.0 Å². The van der Waals surface area contributed by atoms with E-state index >= 15 is 0 Å². The van der Waals surface area contributed by atoms with Crippen LogP contribution >= 0.6 is 0 Å². The zero-order valence-corrected chi connectivity index (χ0v) is 22.7. The van der Waals surface area contributed by atoms with E-state index in [9.17, 15) is 26.4 Å². The molecule has 13 heteroatoms. The van der Waals surface area contributed by atoms with Crippen molar-refractivity contribution in [2.75, 3.05) is 20.7 Å². The van der Waals surface area contributed by atoms with E-state index in [2.05, 4.69) is 20.7 Å². The van der Waals surface area contributed by atoms with Crippen LogP contribution in [-0.2, 0) is 20.0 Å². The molecule has 0 aromatic heterocycles. The van der Waals surface area contributed by atoms with Gasteiger partial charge in [-0.25, -0.2) is 31.1 Å². The molecule has 0 saturated heterocycles. The molecule has 0 atom stereocenters. The van der Waals surface area contributed by atoms with Crippen molar-refractivity contribution in [2.24, 2.45) is 0 Å². The van der Waals surface area contributed by atoms with Gasteiger partial charge in [-0.2, -0.15) is 0 Å². The molecule has 11 nitrogen and oxygen atoms in total. The third-order valence-corrected chi connectivity index (χ3v) is 8.12. The van der Waals surface area contributed by atoms with Crippen LogP contribution in [0.2, 0.25) is 0 Å². The maximum Gasteiger partial charge on any atom is 0.333 e. The van der Waals surface area contributed by atoms with Crippen molar-refractivity contribution in [3.05, 3.63) is 109 Å². The van der Waals surface area contributed by atoms with Crippen LogP contribution in [0.1, 0.15) is 5.56 Å². The van der Waals surface area contributed by atoms with Gasteiger partial charge in [-0.15, -0.1) is 0 Å². The summed E-state index contributed by atoms with van der Waals surface area (Å²) in [6.07, 6.45) is 0. The summed E-state index contributed by atoms with van der Waals surface area (Å²) in [6, 6.07) is 24.5. The van der Waals surface area contributed by atoms with Gasteiger partial charge >= 0.3 is 12.1 Å². The number of nitrogens with one attached hydrogen (secondary N) is 5. The average molecular weight is 580 g/mol. The van der Waals surface area contributed by atoms with E-state index in [0.29, 0.717) is 5.69 Å². The van der Waals surface area contributed by atoms with Crippen LogP contribution < -0.4 is 25.4 Å². The Morgan fingerprint density at radius 2 is 1.15 bits per heavy atom. The first-order valence-corrected chi connectivity index (χ1v) is 14.7. The van der Waals surface area contributed by atoms with Crippen molar-refractivity contribution in [1.29, 1.82) is 0 Å².